The molecule has 2 rings (SSSR count). The molecule has 0 heterocycles. The van der Waals surface area contributed by atoms with Crippen LogP contribution in [0.1, 0.15) is 5.56 Å². The summed E-state index contributed by atoms with van der Waals surface area (Å²) in [6, 6.07) is 18.0. The predicted octanol–water partition coefficient (Wildman–Crippen LogP) is 3.47. The number of hydrogen-bond acceptors (Lipinski definition) is 3. The Kier molecular flexibility index (Phi) is 5.91. The van der Waals surface area contributed by atoms with E-state index in [4.69, 9.17) is 9.47 Å². The van der Waals surface area contributed by atoms with E-state index >= 15 is 0 Å². The normalized spacial score (nSPS) is 11.0. The van der Waals surface area contributed by atoms with Gasteiger partial charge in [0.2, 0.25) is 0 Å². The summed E-state index contributed by atoms with van der Waals surface area (Å²) in [4.78, 5) is 0. The number of rotatable bonds is 6. The second-order valence-corrected chi connectivity index (χ2v) is 5.75. The van der Waals surface area contributed by atoms with Crippen molar-refractivity contribution in [1.82, 2.24) is 0 Å². The van der Waals surface area contributed by atoms with Crippen molar-refractivity contribution in [3.8, 4) is 5.75 Å². The zero-order valence-corrected chi connectivity index (χ0v) is 14.9. The van der Waals surface area contributed by atoms with Crippen LogP contribution in [0.3, 0.4) is 0 Å². The van der Waals surface area contributed by atoms with Crippen LogP contribution >= 0.6 is 0 Å². The van der Waals surface area contributed by atoms with E-state index in [1.54, 1.807) is 14.2 Å². The molecule has 1 N–H and O–H groups in total. The van der Waals surface area contributed by atoms with Crippen LogP contribution < -0.4 is 10.1 Å². The van der Waals surface area contributed by atoms with Crippen molar-refractivity contribution >= 4 is 15.5 Å². The molecular formula is C17H17NO2W. The van der Waals surface area contributed by atoms with Gasteiger partial charge >= 0.3 is 136 Å². The molecule has 0 aliphatic rings. The minimum atomic E-state index is 0.842. The Morgan fingerprint density at radius 2 is 1.67 bits per heavy atom. The summed E-state index contributed by atoms with van der Waals surface area (Å²) in [5.74, 6) is 0.842. The van der Waals surface area contributed by atoms with Gasteiger partial charge in [-0.3, -0.25) is 0 Å². The second kappa shape index (κ2) is 7.92. The summed E-state index contributed by atoms with van der Waals surface area (Å²) < 4.78 is 11.4. The Bertz CT molecular complexity index is 621. The first-order valence-electron chi connectivity index (χ1n) is 6.49. The first-order valence-corrected chi connectivity index (χ1v) is 7.95. The van der Waals surface area contributed by atoms with Gasteiger partial charge in [0.15, 0.2) is 0 Å². The van der Waals surface area contributed by atoms with Crippen molar-refractivity contribution in [3.63, 3.8) is 0 Å². The van der Waals surface area contributed by atoms with Gasteiger partial charge in [0, 0.05) is 0 Å². The monoisotopic (exact) mass is 451 g/mol. The maximum absolute atomic E-state index is 5.29. The number of methoxy groups -OCH3 is 2. The van der Waals surface area contributed by atoms with Crippen LogP contribution in [-0.2, 0) is 24.1 Å². The fourth-order valence-electron chi connectivity index (χ4n) is 1.82. The average molecular weight is 451 g/mol. The molecule has 0 aliphatic heterocycles. The van der Waals surface area contributed by atoms with E-state index in [0.717, 1.165) is 26.8 Å². The Morgan fingerprint density at radius 3 is 2.24 bits per heavy atom. The van der Waals surface area contributed by atoms with Crippen LogP contribution in [0.2, 0.25) is 0 Å². The van der Waals surface area contributed by atoms with Crippen molar-refractivity contribution < 1.29 is 28.8 Å². The summed E-state index contributed by atoms with van der Waals surface area (Å²) in [5.41, 5.74) is 3.13. The number of hydrogen-bond donors (Lipinski definition) is 1. The fraction of sp³-hybridized carbons (Fsp3) is 0.118. The standard InChI is InChI=1S/C17H17NO2.W/c1-19-13-12-17(14-6-4-3-5-7-14)18-15-8-10-16(20-2)11-9-15;/h3-12,18H,1-2H3;/b17-12+;. The van der Waals surface area contributed by atoms with Gasteiger partial charge in [0.05, 0.1) is 0 Å². The van der Waals surface area contributed by atoms with Gasteiger partial charge in [0.25, 0.3) is 0 Å². The Morgan fingerprint density at radius 1 is 1.00 bits per heavy atom. The summed E-state index contributed by atoms with van der Waals surface area (Å²) in [6.07, 6.45) is 2.02. The molecule has 0 aliphatic carbocycles. The summed E-state index contributed by atoms with van der Waals surface area (Å²) >= 11 is 1.29. The quantitative estimate of drug-likeness (QED) is 0.730. The molecule has 0 atom stereocenters. The van der Waals surface area contributed by atoms with Crippen LogP contribution in [0.5, 0.6) is 5.75 Å². The van der Waals surface area contributed by atoms with Gasteiger partial charge in [0.1, 0.15) is 0 Å². The fourth-order valence-corrected chi connectivity index (χ4v) is 2.24. The van der Waals surface area contributed by atoms with Crippen molar-refractivity contribution in [2.75, 3.05) is 19.5 Å². The molecule has 0 unspecified atom stereocenters. The van der Waals surface area contributed by atoms with Crippen LogP contribution in [0.4, 0.5) is 5.69 Å². The molecule has 2 aromatic rings. The van der Waals surface area contributed by atoms with Gasteiger partial charge in [-0.15, -0.1) is 0 Å². The Balaban J connectivity index is 2.27. The number of benzene rings is 2. The van der Waals surface area contributed by atoms with Gasteiger partial charge in [-0.05, 0) is 0 Å². The molecule has 0 saturated heterocycles. The number of ether oxygens (including phenoxy) is 2. The molecule has 21 heavy (non-hydrogen) atoms. The molecule has 3 nitrogen and oxygen atoms in total. The van der Waals surface area contributed by atoms with Crippen LogP contribution in [0.15, 0.2) is 60.7 Å². The Labute approximate surface area is 136 Å². The van der Waals surface area contributed by atoms with E-state index in [1.807, 2.05) is 48.5 Å². The maximum atomic E-state index is 5.29. The zero-order chi connectivity index (χ0) is 15.1. The van der Waals surface area contributed by atoms with Crippen molar-refractivity contribution in [2.45, 2.75) is 0 Å². The third-order valence-electron chi connectivity index (χ3n) is 2.92. The van der Waals surface area contributed by atoms with E-state index < -0.39 is 0 Å². The molecule has 0 radical (unpaired) electrons. The van der Waals surface area contributed by atoms with Gasteiger partial charge < -0.3 is 0 Å². The second-order valence-electron chi connectivity index (χ2n) is 4.30. The number of nitrogens with one attached hydrogen (secondary N) is 1. The summed E-state index contributed by atoms with van der Waals surface area (Å²) in [6.45, 7) is 0. The Hall–Kier alpha value is -1.70. The zero-order valence-electron chi connectivity index (χ0n) is 12.0. The topological polar surface area (TPSA) is 30.5 Å². The third-order valence-corrected chi connectivity index (χ3v) is 3.94. The molecule has 0 aromatic heterocycles. The van der Waals surface area contributed by atoms with Gasteiger partial charge in [-0.2, -0.15) is 0 Å². The van der Waals surface area contributed by atoms with Crippen molar-refractivity contribution in [2.24, 2.45) is 0 Å². The SMILES string of the molecule is CO[C](=[W])/C=C(/Nc1ccc(OC)cc1)c1ccccc1. The molecule has 0 bridgehead atoms. The third kappa shape index (κ3) is 4.66. The van der Waals surface area contributed by atoms with Crippen LogP contribution in [0.25, 0.3) is 5.70 Å². The van der Waals surface area contributed by atoms with Crippen molar-refractivity contribution in [1.29, 1.82) is 0 Å². The van der Waals surface area contributed by atoms with E-state index in [2.05, 4.69) is 17.4 Å². The number of anilines is 1. The summed E-state index contributed by atoms with van der Waals surface area (Å²) in [5, 5.41) is 3.43. The predicted molar refractivity (Wildman–Crippen MR) is 83.1 cm³/mol. The molecule has 0 fully saturated rings. The molecule has 4 heteroatoms. The summed E-state index contributed by atoms with van der Waals surface area (Å²) in [7, 11) is 3.35. The molecular weight excluding hydrogens is 434 g/mol. The first kappa shape index (κ1) is 15.7. The van der Waals surface area contributed by atoms with E-state index in [1.165, 1.54) is 19.4 Å². The minimum absolute atomic E-state index is 0.842. The van der Waals surface area contributed by atoms with E-state index in [9.17, 15) is 0 Å². The first-order chi connectivity index (χ1) is 10.2. The van der Waals surface area contributed by atoms with Gasteiger partial charge in [-0.1, -0.05) is 0 Å². The molecule has 0 saturated carbocycles. The van der Waals surface area contributed by atoms with Crippen LogP contribution in [-0.4, -0.2) is 18.3 Å². The van der Waals surface area contributed by atoms with E-state index in [-0.39, 0.29) is 0 Å². The average Bonchev–Trinajstić information content (AvgIpc) is 2.55. The van der Waals surface area contributed by atoms with E-state index in [0.29, 0.717) is 0 Å². The molecule has 2 aromatic carbocycles. The molecule has 0 spiro atoms. The van der Waals surface area contributed by atoms with Crippen LogP contribution in [0, 0.1) is 0 Å². The molecule has 0 amide bonds. The van der Waals surface area contributed by atoms with Gasteiger partial charge in [-0.25, -0.2) is 0 Å². The molecule has 108 valence electrons. The van der Waals surface area contributed by atoms with Crippen molar-refractivity contribution in [3.05, 3.63) is 66.2 Å².